The number of anilines is 1. The van der Waals surface area contributed by atoms with Crippen molar-refractivity contribution in [2.75, 3.05) is 36.5 Å². The first-order valence-corrected chi connectivity index (χ1v) is 6.91. The number of nitrogens with one attached hydrogen (secondary N) is 1. The van der Waals surface area contributed by atoms with Crippen LogP contribution in [0.3, 0.4) is 0 Å². The van der Waals surface area contributed by atoms with Gasteiger partial charge in [-0.3, -0.25) is 14.4 Å². The van der Waals surface area contributed by atoms with Crippen LogP contribution < -0.4 is 5.32 Å². The van der Waals surface area contributed by atoms with Crippen molar-refractivity contribution in [3.63, 3.8) is 0 Å². The Balaban J connectivity index is 1.86. The predicted molar refractivity (Wildman–Crippen MR) is 70.3 cm³/mol. The normalized spacial score (nSPS) is 17.1. The van der Waals surface area contributed by atoms with Crippen LogP contribution in [0, 0.1) is 6.92 Å². The van der Waals surface area contributed by atoms with Crippen molar-refractivity contribution in [1.29, 1.82) is 0 Å². The standard InChI is InChI=1S/C11H18N4OS/c1-9-7-10(14(2)13-9)12-11(16)8-15-3-5-17-6-4-15/h7H,3-6,8H2,1-2H3,(H,12,16). The number of hydrogen-bond donors (Lipinski definition) is 1. The smallest absolute Gasteiger partial charge is 0.239 e. The van der Waals surface area contributed by atoms with E-state index in [0.717, 1.165) is 36.1 Å². The third-order valence-corrected chi connectivity index (χ3v) is 3.68. The number of rotatable bonds is 3. The Morgan fingerprint density at radius 2 is 2.24 bits per heavy atom. The Morgan fingerprint density at radius 1 is 1.53 bits per heavy atom. The number of aromatic nitrogens is 2. The molecule has 1 N–H and O–H groups in total. The predicted octanol–water partition coefficient (Wildman–Crippen LogP) is 0.716. The number of thioether (sulfide) groups is 1. The van der Waals surface area contributed by atoms with Crippen LogP contribution in [0.15, 0.2) is 6.07 Å². The molecule has 6 heteroatoms. The highest BCUT2D eigenvalue weighted by atomic mass is 32.2. The van der Waals surface area contributed by atoms with E-state index >= 15 is 0 Å². The highest BCUT2D eigenvalue weighted by molar-refractivity contribution is 7.99. The molecule has 0 saturated carbocycles. The molecule has 0 spiro atoms. The number of nitrogens with zero attached hydrogens (tertiary/aromatic N) is 3. The first-order chi connectivity index (χ1) is 8.15. The van der Waals surface area contributed by atoms with E-state index in [4.69, 9.17) is 0 Å². The topological polar surface area (TPSA) is 50.2 Å². The van der Waals surface area contributed by atoms with Gasteiger partial charge >= 0.3 is 0 Å². The molecule has 1 aliphatic heterocycles. The lowest BCUT2D eigenvalue weighted by atomic mass is 10.4. The van der Waals surface area contributed by atoms with Gasteiger partial charge in [-0.05, 0) is 6.92 Å². The monoisotopic (exact) mass is 254 g/mol. The molecule has 1 fully saturated rings. The van der Waals surface area contributed by atoms with Crippen molar-refractivity contribution >= 4 is 23.5 Å². The Morgan fingerprint density at radius 3 is 2.82 bits per heavy atom. The SMILES string of the molecule is Cc1cc(NC(=O)CN2CCSCC2)n(C)n1. The lowest BCUT2D eigenvalue weighted by Crippen LogP contribution is -2.38. The van der Waals surface area contributed by atoms with Crippen LogP contribution in [0.5, 0.6) is 0 Å². The maximum absolute atomic E-state index is 11.8. The summed E-state index contributed by atoms with van der Waals surface area (Å²) in [5.74, 6) is 3.05. The maximum atomic E-state index is 11.8. The molecule has 1 aromatic heterocycles. The zero-order chi connectivity index (χ0) is 12.3. The van der Waals surface area contributed by atoms with E-state index in [1.807, 2.05) is 31.8 Å². The van der Waals surface area contributed by atoms with E-state index in [0.29, 0.717) is 6.54 Å². The quantitative estimate of drug-likeness (QED) is 0.863. The maximum Gasteiger partial charge on any atom is 0.239 e. The van der Waals surface area contributed by atoms with Crippen LogP contribution in [-0.2, 0) is 11.8 Å². The molecule has 1 saturated heterocycles. The summed E-state index contributed by atoms with van der Waals surface area (Å²) in [7, 11) is 1.83. The Labute approximate surface area is 106 Å². The second kappa shape index (κ2) is 5.55. The minimum absolute atomic E-state index is 0.0416. The van der Waals surface area contributed by atoms with Crippen molar-refractivity contribution in [2.24, 2.45) is 7.05 Å². The van der Waals surface area contributed by atoms with E-state index < -0.39 is 0 Å². The molecule has 2 heterocycles. The van der Waals surface area contributed by atoms with E-state index in [9.17, 15) is 4.79 Å². The van der Waals surface area contributed by atoms with Gasteiger partial charge in [0, 0.05) is 37.7 Å². The number of hydrogen-bond acceptors (Lipinski definition) is 4. The molecular weight excluding hydrogens is 236 g/mol. The van der Waals surface area contributed by atoms with Gasteiger partial charge < -0.3 is 5.32 Å². The van der Waals surface area contributed by atoms with Crippen molar-refractivity contribution < 1.29 is 4.79 Å². The first-order valence-electron chi connectivity index (χ1n) is 5.76. The van der Waals surface area contributed by atoms with Gasteiger partial charge in [0.2, 0.25) is 5.91 Å². The van der Waals surface area contributed by atoms with Gasteiger partial charge in [-0.2, -0.15) is 16.9 Å². The van der Waals surface area contributed by atoms with Crippen LogP contribution in [-0.4, -0.2) is 51.7 Å². The fourth-order valence-corrected chi connectivity index (χ4v) is 2.85. The Bertz CT molecular complexity index is 398. The van der Waals surface area contributed by atoms with E-state index in [1.165, 1.54) is 0 Å². The van der Waals surface area contributed by atoms with Gasteiger partial charge in [0.15, 0.2) is 0 Å². The molecule has 1 aliphatic rings. The van der Waals surface area contributed by atoms with Crippen molar-refractivity contribution in [2.45, 2.75) is 6.92 Å². The van der Waals surface area contributed by atoms with Gasteiger partial charge in [-0.1, -0.05) is 0 Å². The minimum atomic E-state index is 0.0416. The lowest BCUT2D eigenvalue weighted by molar-refractivity contribution is -0.117. The van der Waals surface area contributed by atoms with E-state index in [1.54, 1.807) is 4.68 Å². The van der Waals surface area contributed by atoms with E-state index in [2.05, 4.69) is 15.3 Å². The molecule has 0 aromatic carbocycles. The van der Waals surface area contributed by atoms with Crippen molar-refractivity contribution in [3.8, 4) is 0 Å². The van der Waals surface area contributed by atoms with Gasteiger partial charge in [0.25, 0.3) is 0 Å². The molecule has 2 rings (SSSR count). The summed E-state index contributed by atoms with van der Waals surface area (Å²) in [6, 6.07) is 1.88. The zero-order valence-corrected chi connectivity index (χ0v) is 11.1. The van der Waals surface area contributed by atoms with Gasteiger partial charge in [0.1, 0.15) is 5.82 Å². The Hall–Kier alpha value is -1.01. The average molecular weight is 254 g/mol. The summed E-state index contributed by atoms with van der Waals surface area (Å²) in [4.78, 5) is 14.0. The lowest BCUT2D eigenvalue weighted by Gasteiger charge is -2.25. The molecule has 0 atom stereocenters. The number of carbonyl (C=O) groups is 1. The second-order valence-corrected chi connectivity index (χ2v) is 5.46. The molecule has 0 bridgehead atoms. The Kier molecular flexibility index (Phi) is 4.06. The molecule has 0 radical (unpaired) electrons. The molecule has 0 aliphatic carbocycles. The van der Waals surface area contributed by atoms with Crippen LogP contribution >= 0.6 is 11.8 Å². The first kappa shape index (κ1) is 12.4. The molecule has 17 heavy (non-hydrogen) atoms. The number of carbonyl (C=O) groups excluding carboxylic acids is 1. The minimum Gasteiger partial charge on any atom is -0.310 e. The van der Waals surface area contributed by atoms with Crippen LogP contribution in [0.1, 0.15) is 5.69 Å². The van der Waals surface area contributed by atoms with Crippen LogP contribution in [0.2, 0.25) is 0 Å². The van der Waals surface area contributed by atoms with Crippen molar-refractivity contribution in [3.05, 3.63) is 11.8 Å². The summed E-state index contributed by atoms with van der Waals surface area (Å²) in [6.07, 6.45) is 0. The number of aryl methyl sites for hydroxylation is 2. The fraction of sp³-hybridized carbons (Fsp3) is 0.636. The van der Waals surface area contributed by atoms with Gasteiger partial charge in [-0.15, -0.1) is 0 Å². The molecule has 5 nitrogen and oxygen atoms in total. The summed E-state index contributed by atoms with van der Waals surface area (Å²) in [5.41, 5.74) is 0.914. The van der Waals surface area contributed by atoms with Crippen molar-refractivity contribution in [1.82, 2.24) is 14.7 Å². The zero-order valence-electron chi connectivity index (χ0n) is 10.3. The highest BCUT2D eigenvalue weighted by Gasteiger charge is 2.15. The van der Waals surface area contributed by atoms with Crippen LogP contribution in [0.4, 0.5) is 5.82 Å². The summed E-state index contributed by atoms with van der Waals surface area (Å²) < 4.78 is 1.69. The average Bonchev–Trinajstić information content (AvgIpc) is 2.58. The molecule has 0 unspecified atom stereocenters. The van der Waals surface area contributed by atoms with Gasteiger partial charge in [0.05, 0.1) is 12.2 Å². The fourth-order valence-electron chi connectivity index (χ4n) is 1.87. The highest BCUT2D eigenvalue weighted by Crippen LogP contribution is 2.10. The molecule has 1 aromatic rings. The molecular formula is C11H18N4OS. The third kappa shape index (κ3) is 3.47. The third-order valence-electron chi connectivity index (χ3n) is 2.74. The second-order valence-electron chi connectivity index (χ2n) is 4.23. The summed E-state index contributed by atoms with van der Waals surface area (Å²) in [6.45, 7) is 4.40. The number of amides is 1. The van der Waals surface area contributed by atoms with Gasteiger partial charge in [-0.25, -0.2) is 0 Å². The van der Waals surface area contributed by atoms with E-state index in [-0.39, 0.29) is 5.91 Å². The van der Waals surface area contributed by atoms with Crippen LogP contribution in [0.25, 0.3) is 0 Å². The molecule has 1 amide bonds. The summed E-state index contributed by atoms with van der Waals surface area (Å²) in [5, 5.41) is 7.09. The largest absolute Gasteiger partial charge is 0.310 e. The molecule has 94 valence electrons. The summed E-state index contributed by atoms with van der Waals surface area (Å²) >= 11 is 1.95.